The first-order chi connectivity index (χ1) is 26.0. The lowest BCUT2D eigenvalue weighted by Gasteiger charge is -2.10. The van der Waals surface area contributed by atoms with Crippen molar-refractivity contribution in [3.05, 3.63) is 129 Å². The zero-order valence-electron chi connectivity index (χ0n) is 33.9. The summed E-state index contributed by atoms with van der Waals surface area (Å²) in [6, 6.07) is 32.1. The van der Waals surface area contributed by atoms with E-state index >= 15 is 0 Å². The fourth-order valence-corrected chi connectivity index (χ4v) is 7.82. The van der Waals surface area contributed by atoms with Crippen molar-refractivity contribution >= 4 is 11.4 Å². The van der Waals surface area contributed by atoms with E-state index in [4.69, 9.17) is 11.5 Å². The largest absolute Gasteiger partial charge is 0.399 e. The van der Waals surface area contributed by atoms with Crippen LogP contribution in [0.1, 0.15) is 180 Å². The van der Waals surface area contributed by atoms with Crippen LogP contribution in [0.15, 0.2) is 84.9 Å². The number of nitrogen functional groups attached to an aromatic ring is 2. The van der Waals surface area contributed by atoms with Gasteiger partial charge in [0.15, 0.2) is 0 Å². The SMILES string of the molecule is CCCCCCCc1cc(Cc2ccc(CCCCCCCCCCCc3ccc(Cc4ccc(N)c(CCCCCCC)c4)cc3)cc2)ccc1N. The highest BCUT2D eigenvalue weighted by Crippen LogP contribution is 2.23. The fourth-order valence-electron chi connectivity index (χ4n) is 7.82. The van der Waals surface area contributed by atoms with E-state index in [1.54, 1.807) is 0 Å². The third kappa shape index (κ3) is 17.0. The van der Waals surface area contributed by atoms with Crippen molar-refractivity contribution in [1.82, 2.24) is 0 Å². The molecule has 0 bridgehead atoms. The van der Waals surface area contributed by atoms with Gasteiger partial charge in [0.25, 0.3) is 0 Å². The molecule has 0 atom stereocenters. The van der Waals surface area contributed by atoms with Crippen molar-refractivity contribution < 1.29 is 0 Å². The van der Waals surface area contributed by atoms with E-state index in [9.17, 15) is 0 Å². The van der Waals surface area contributed by atoms with Crippen LogP contribution in [0.25, 0.3) is 0 Å². The van der Waals surface area contributed by atoms with Crippen LogP contribution in [0.4, 0.5) is 11.4 Å². The van der Waals surface area contributed by atoms with E-state index in [0.717, 1.165) is 37.1 Å². The van der Waals surface area contributed by atoms with Gasteiger partial charge >= 0.3 is 0 Å². The van der Waals surface area contributed by atoms with E-state index < -0.39 is 0 Å². The molecule has 2 nitrogen and oxygen atoms in total. The molecule has 0 amide bonds. The Kier molecular flexibility index (Phi) is 20.3. The summed E-state index contributed by atoms with van der Waals surface area (Å²) in [4.78, 5) is 0. The van der Waals surface area contributed by atoms with Gasteiger partial charge < -0.3 is 11.5 Å². The lowest BCUT2D eigenvalue weighted by atomic mass is 9.97. The maximum atomic E-state index is 6.31. The monoisotopic (exact) mass is 715 g/mol. The Morgan fingerprint density at radius 2 is 0.585 bits per heavy atom. The van der Waals surface area contributed by atoms with Gasteiger partial charge in [-0.15, -0.1) is 0 Å². The van der Waals surface area contributed by atoms with E-state index in [0.29, 0.717) is 0 Å². The molecule has 4 aromatic carbocycles. The average Bonchev–Trinajstić information content (AvgIpc) is 3.17. The third-order valence-electron chi connectivity index (χ3n) is 11.3. The van der Waals surface area contributed by atoms with Crippen LogP contribution in [-0.4, -0.2) is 0 Å². The van der Waals surface area contributed by atoms with Crippen molar-refractivity contribution in [2.45, 2.75) is 174 Å². The van der Waals surface area contributed by atoms with E-state index in [1.165, 1.54) is 179 Å². The number of unbranched alkanes of at least 4 members (excludes halogenated alkanes) is 16. The summed E-state index contributed by atoms with van der Waals surface area (Å²) in [5, 5.41) is 0. The first-order valence-electron chi connectivity index (χ1n) is 21.9. The summed E-state index contributed by atoms with van der Waals surface area (Å²) >= 11 is 0. The number of anilines is 2. The number of aryl methyl sites for hydroxylation is 4. The molecule has 0 fully saturated rings. The van der Waals surface area contributed by atoms with Gasteiger partial charge in [0, 0.05) is 11.4 Å². The van der Waals surface area contributed by atoms with Crippen LogP contribution >= 0.6 is 0 Å². The molecule has 0 aliphatic rings. The molecule has 0 heterocycles. The average molecular weight is 715 g/mol. The van der Waals surface area contributed by atoms with Gasteiger partial charge in [-0.2, -0.15) is 0 Å². The number of rotatable bonds is 28. The second kappa shape index (κ2) is 25.5. The zero-order chi connectivity index (χ0) is 37.4. The zero-order valence-corrected chi connectivity index (χ0v) is 33.9. The molecule has 0 aliphatic heterocycles. The summed E-state index contributed by atoms with van der Waals surface area (Å²) < 4.78 is 0. The molecule has 0 spiro atoms. The lowest BCUT2D eigenvalue weighted by Crippen LogP contribution is -1.98. The minimum atomic E-state index is 0.955. The first-order valence-corrected chi connectivity index (χ1v) is 21.9. The van der Waals surface area contributed by atoms with E-state index in [1.807, 2.05) is 0 Å². The Morgan fingerprint density at radius 1 is 0.302 bits per heavy atom. The van der Waals surface area contributed by atoms with Crippen LogP contribution in [-0.2, 0) is 38.5 Å². The molecule has 0 aromatic heterocycles. The smallest absolute Gasteiger partial charge is 0.0346 e. The molecule has 4 aromatic rings. The van der Waals surface area contributed by atoms with E-state index in [2.05, 4.69) is 98.8 Å². The number of nitrogens with two attached hydrogens (primary N) is 2. The lowest BCUT2D eigenvalue weighted by molar-refractivity contribution is 0.558. The van der Waals surface area contributed by atoms with Gasteiger partial charge in [0.1, 0.15) is 0 Å². The Hall–Kier alpha value is -3.52. The Morgan fingerprint density at radius 3 is 0.943 bits per heavy atom. The molecule has 4 N–H and O–H groups in total. The van der Waals surface area contributed by atoms with Crippen molar-refractivity contribution in [1.29, 1.82) is 0 Å². The normalized spacial score (nSPS) is 11.4. The summed E-state index contributed by atoms with van der Waals surface area (Å²) in [5.41, 5.74) is 25.7. The van der Waals surface area contributed by atoms with Crippen molar-refractivity contribution in [3.8, 4) is 0 Å². The topological polar surface area (TPSA) is 52.0 Å². The summed E-state index contributed by atoms with van der Waals surface area (Å²) in [5.74, 6) is 0. The van der Waals surface area contributed by atoms with Crippen molar-refractivity contribution in [2.75, 3.05) is 11.5 Å². The molecule has 288 valence electrons. The third-order valence-corrected chi connectivity index (χ3v) is 11.3. The molecular formula is C51H74N2. The number of hydrogen-bond donors (Lipinski definition) is 2. The summed E-state index contributed by atoms with van der Waals surface area (Å²) in [7, 11) is 0. The van der Waals surface area contributed by atoms with Gasteiger partial charge in [0.05, 0.1) is 0 Å². The highest BCUT2D eigenvalue weighted by atomic mass is 14.6. The Bertz CT molecular complexity index is 1420. The second-order valence-electron chi connectivity index (χ2n) is 16.1. The van der Waals surface area contributed by atoms with Crippen LogP contribution in [0, 0.1) is 0 Å². The molecule has 4 rings (SSSR count). The van der Waals surface area contributed by atoms with Crippen LogP contribution < -0.4 is 11.5 Å². The van der Waals surface area contributed by atoms with Gasteiger partial charge in [-0.1, -0.05) is 183 Å². The molecule has 53 heavy (non-hydrogen) atoms. The van der Waals surface area contributed by atoms with Gasteiger partial charge in [-0.05, 0) is 121 Å². The predicted molar refractivity (Wildman–Crippen MR) is 234 cm³/mol. The molecule has 0 aliphatic carbocycles. The molecule has 0 unspecified atom stereocenters. The van der Waals surface area contributed by atoms with E-state index in [-0.39, 0.29) is 0 Å². The fraction of sp³-hybridized carbons (Fsp3) is 0.529. The van der Waals surface area contributed by atoms with Crippen LogP contribution in [0.2, 0.25) is 0 Å². The van der Waals surface area contributed by atoms with Gasteiger partial charge in [0.2, 0.25) is 0 Å². The summed E-state index contributed by atoms with van der Waals surface area (Å²) in [6.07, 6.45) is 31.9. The molecule has 2 heteroatoms. The molecular weight excluding hydrogens is 641 g/mol. The Labute approximate surface area is 325 Å². The highest BCUT2D eigenvalue weighted by Gasteiger charge is 2.06. The minimum absolute atomic E-state index is 0.955. The van der Waals surface area contributed by atoms with Crippen molar-refractivity contribution in [2.24, 2.45) is 0 Å². The number of benzene rings is 4. The quantitative estimate of drug-likeness (QED) is 0.0454. The van der Waals surface area contributed by atoms with Gasteiger partial charge in [-0.25, -0.2) is 0 Å². The molecule has 0 radical (unpaired) electrons. The molecule has 0 saturated carbocycles. The Balaban J connectivity index is 1.01. The standard InChI is InChI=1S/C51H74N2/c1-3-5-7-14-20-24-48-40-46(34-36-50(48)52)38-44-30-26-42(27-31-44)22-18-16-12-10-9-11-13-17-19-23-43-28-32-45(33-29-43)39-47-35-37-51(53)49(41-47)25-21-15-8-6-4-2/h26-37,40-41H,3-25,38-39,52-53H2,1-2H3. The number of hydrogen-bond acceptors (Lipinski definition) is 2. The predicted octanol–water partition coefficient (Wildman–Crippen LogP) is 14.4. The second-order valence-corrected chi connectivity index (χ2v) is 16.1. The maximum Gasteiger partial charge on any atom is 0.0346 e. The maximum absolute atomic E-state index is 6.31. The van der Waals surface area contributed by atoms with Crippen LogP contribution in [0.5, 0.6) is 0 Å². The van der Waals surface area contributed by atoms with Crippen LogP contribution in [0.3, 0.4) is 0 Å². The minimum Gasteiger partial charge on any atom is -0.399 e. The molecule has 0 saturated heterocycles. The van der Waals surface area contributed by atoms with Crippen molar-refractivity contribution in [3.63, 3.8) is 0 Å². The van der Waals surface area contributed by atoms with Gasteiger partial charge in [-0.3, -0.25) is 0 Å². The summed E-state index contributed by atoms with van der Waals surface area (Å²) in [6.45, 7) is 4.55. The first kappa shape index (κ1) is 42.2. The highest BCUT2D eigenvalue weighted by molar-refractivity contribution is 5.50.